The van der Waals surface area contributed by atoms with E-state index < -0.39 is 6.09 Å². The minimum atomic E-state index is -0.458. The van der Waals surface area contributed by atoms with Gasteiger partial charge < -0.3 is 24.6 Å². The maximum Gasteiger partial charge on any atom is 0.415 e. The number of hydrogen-bond donors (Lipinski definition) is 1. The summed E-state index contributed by atoms with van der Waals surface area (Å²) >= 11 is 6.35. The van der Waals surface area contributed by atoms with Crippen molar-refractivity contribution in [1.82, 2.24) is 14.7 Å². The van der Waals surface area contributed by atoms with Crippen LogP contribution in [-0.2, 0) is 0 Å². The fourth-order valence-corrected chi connectivity index (χ4v) is 6.44. The number of benzene rings is 3. The highest BCUT2D eigenvalue weighted by Crippen LogP contribution is 2.48. The largest absolute Gasteiger partial charge is 0.494 e. The van der Waals surface area contributed by atoms with Crippen LogP contribution in [0.15, 0.2) is 66.7 Å². The SMILES string of the molecule is CN1CCN(CCCOc2ccc(C3C4Nc5ccc(Cl)cc5C4CCN3C(=O)Oc3ccc(F)cc3)cc2)CC1. The van der Waals surface area contributed by atoms with Gasteiger partial charge in [0.05, 0.1) is 18.7 Å². The fraction of sp³-hybridized carbons (Fsp3) is 0.406. The highest BCUT2D eigenvalue weighted by atomic mass is 35.5. The minimum absolute atomic E-state index is 0.0478. The van der Waals surface area contributed by atoms with Crippen LogP contribution in [0.2, 0.25) is 5.02 Å². The highest BCUT2D eigenvalue weighted by Gasteiger charge is 2.46. The van der Waals surface area contributed by atoms with Crippen LogP contribution in [0.1, 0.15) is 35.9 Å². The molecule has 0 bridgehead atoms. The van der Waals surface area contributed by atoms with Crippen molar-refractivity contribution in [3.8, 4) is 11.5 Å². The first-order valence-electron chi connectivity index (χ1n) is 14.4. The average Bonchev–Trinajstić information content (AvgIpc) is 3.35. The molecule has 0 aliphatic carbocycles. The smallest absolute Gasteiger partial charge is 0.415 e. The first kappa shape index (κ1) is 27.8. The number of amides is 1. The molecule has 3 heterocycles. The second kappa shape index (κ2) is 12.3. The van der Waals surface area contributed by atoms with Crippen LogP contribution in [0.3, 0.4) is 0 Å². The summed E-state index contributed by atoms with van der Waals surface area (Å²) in [6, 6.07) is 19.1. The lowest BCUT2D eigenvalue weighted by Crippen LogP contribution is -2.50. The number of fused-ring (bicyclic) bond motifs is 3. The standard InChI is InChI=1S/C32H36ClFN4O3/c1-36-16-18-37(19-17-36)14-2-20-40-25-8-3-22(4-9-25)31-30-27(28-21-23(33)5-12-29(28)35-30)13-15-38(31)32(39)41-26-10-6-24(34)7-11-26/h3-12,21,27,30-31,35H,2,13-20H2,1H3. The predicted octanol–water partition coefficient (Wildman–Crippen LogP) is 6.02. The molecule has 0 saturated carbocycles. The lowest BCUT2D eigenvalue weighted by molar-refractivity contribution is 0.102. The van der Waals surface area contributed by atoms with Crippen molar-refractivity contribution in [2.75, 3.05) is 58.2 Å². The Balaban J connectivity index is 1.16. The van der Waals surface area contributed by atoms with E-state index in [1.54, 1.807) is 4.90 Å². The van der Waals surface area contributed by atoms with Gasteiger partial charge in [-0.1, -0.05) is 23.7 Å². The van der Waals surface area contributed by atoms with E-state index in [0.717, 1.165) is 62.6 Å². The van der Waals surface area contributed by atoms with Crippen molar-refractivity contribution in [1.29, 1.82) is 0 Å². The topological polar surface area (TPSA) is 57.3 Å². The average molecular weight is 579 g/mol. The molecule has 216 valence electrons. The van der Waals surface area contributed by atoms with Gasteiger partial charge in [0.25, 0.3) is 0 Å². The molecule has 1 amide bonds. The summed E-state index contributed by atoms with van der Waals surface area (Å²) in [4.78, 5) is 20.1. The van der Waals surface area contributed by atoms with E-state index in [2.05, 4.69) is 22.2 Å². The number of nitrogens with zero attached hydrogens (tertiary/aromatic N) is 3. The normalized spacial score (nSPS) is 22.5. The Bertz CT molecular complexity index is 1350. The number of piperazine rings is 1. The Hall–Kier alpha value is -3.33. The van der Waals surface area contributed by atoms with Gasteiger partial charge in [-0.15, -0.1) is 0 Å². The number of piperidine rings is 1. The molecule has 7 nitrogen and oxygen atoms in total. The second-order valence-corrected chi connectivity index (χ2v) is 11.6. The van der Waals surface area contributed by atoms with E-state index >= 15 is 0 Å². The van der Waals surface area contributed by atoms with E-state index in [1.165, 1.54) is 29.8 Å². The quantitative estimate of drug-likeness (QED) is 0.346. The molecular formula is C32H36ClFN4O3. The molecule has 3 aliphatic rings. The Morgan fingerprint density at radius 1 is 0.976 bits per heavy atom. The van der Waals surface area contributed by atoms with Crippen LogP contribution in [0, 0.1) is 5.82 Å². The molecule has 2 fully saturated rings. The summed E-state index contributed by atoms with van der Waals surface area (Å²) in [5.41, 5.74) is 3.22. The van der Waals surface area contributed by atoms with E-state index in [9.17, 15) is 9.18 Å². The number of likely N-dealkylation sites (tertiary alicyclic amines) is 1. The number of halogens is 2. The minimum Gasteiger partial charge on any atom is -0.494 e. The van der Waals surface area contributed by atoms with Crippen LogP contribution >= 0.6 is 11.6 Å². The number of likely N-dealkylation sites (N-methyl/N-ethyl adjacent to an activating group) is 1. The van der Waals surface area contributed by atoms with Crippen molar-refractivity contribution >= 4 is 23.4 Å². The lowest BCUT2D eigenvalue weighted by atomic mass is 9.81. The number of ether oxygens (including phenoxy) is 2. The van der Waals surface area contributed by atoms with E-state index in [4.69, 9.17) is 21.1 Å². The van der Waals surface area contributed by atoms with Crippen molar-refractivity contribution in [2.45, 2.75) is 30.8 Å². The summed E-state index contributed by atoms with van der Waals surface area (Å²) in [6.45, 7) is 6.67. The molecule has 3 aromatic carbocycles. The maximum absolute atomic E-state index is 13.5. The Morgan fingerprint density at radius 3 is 2.46 bits per heavy atom. The van der Waals surface area contributed by atoms with Gasteiger partial charge in [0.1, 0.15) is 17.3 Å². The van der Waals surface area contributed by atoms with Crippen molar-refractivity contribution in [3.05, 3.63) is 88.7 Å². The number of carbonyl (C=O) groups is 1. The Kier molecular flexibility index (Phi) is 8.32. The molecule has 6 rings (SSSR count). The second-order valence-electron chi connectivity index (χ2n) is 11.2. The third-order valence-corrected chi connectivity index (χ3v) is 8.72. The van der Waals surface area contributed by atoms with Crippen molar-refractivity contribution in [3.63, 3.8) is 0 Å². The van der Waals surface area contributed by atoms with Crippen molar-refractivity contribution < 1.29 is 18.7 Å². The number of anilines is 1. The number of nitrogens with one attached hydrogen (secondary N) is 1. The van der Waals surface area contributed by atoms with Gasteiger partial charge in [0.2, 0.25) is 0 Å². The summed E-state index contributed by atoms with van der Waals surface area (Å²) in [5.74, 6) is 0.951. The number of hydrogen-bond acceptors (Lipinski definition) is 6. The molecule has 41 heavy (non-hydrogen) atoms. The van der Waals surface area contributed by atoms with Gasteiger partial charge in [-0.2, -0.15) is 0 Å². The van der Waals surface area contributed by atoms with Crippen LogP contribution in [0.4, 0.5) is 14.9 Å². The van der Waals surface area contributed by atoms with Gasteiger partial charge in [0.15, 0.2) is 0 Å². The first-order chi connectivity index (χ1) is 19.9. The number of rotatable bonds is 7. The van der Waals surface area contributed by atoms with Gasteiger partial charge in [0, 0.05) is 55.9 Å². The zero-order valence-electron chi connectivity index (χ0n) is 23.3. The van der Waals surface area contributed by atoms with Crippen molar-refractivity contribution in [2.24, 2.45) is 0 Å². The molecule has 2 saturated heterocycles. The molecule has 3 unspecified atom stereocenters. The zero-order valence-corrected chi connectivity index (χ0v) is 24.0. The Morgan fingerprint density at radius 2 is 1.71 bits per heavy atom. The third-order valence-electron chi connectivity index (χ3n) is 8.48. The molecule has 3 aromatic rings. The zero-order chi connectivity index (χ0) is 28.3. The van der Waals surface area contributed by atoms with E-state index in [0.29, 0.717) is 23.9 Å². The van der Waals surface area contributed by atoms with Gasteiger partial charge in [-0.05, 0) is 85.6 Å². The van der Waals surface area contributed by atoms with E-state index in [1.807, 2.05) is 42.5 Å². The maximum atomic E-state index is 13.5. The van der Waals surface area contributed by atoms with Gasteiger partial charge >= 0.3 is 6.09 Å². The van der Waals surface area contributed by atoms with E-state index in [-0.39, 0.29) is 23.8 Å². The van der Waals surface area contributed by atoms with Crippen LogP contribution in [-0.4, -0.2) is 79.8 Å². The molecule has 0 spiro atoms. The predicted molar refractivity (Wildman–Crippen MR) is 159 cm³/mol. The summed E-state index contributed by atoms with van der Waals surface area (Å²) in [5, 5.41) is 4.37. The molecule has 0 aromatic heterocycles. The fourth-order valence-electron chi connectivity index (χ4n) is 6.26. The van der Waals surface area contributed by atoms with Crippen LogP contribution in [0.5, 0.6) is 11.5 Å². The van der Waals surface area contributed by atoms with Gasteiger partial charge in [-0.3, -0.25) is 4.90 Å². The molecular weight excluding hydrogens is 543 g/mol. The van der Waals surface area contributed by atoms with Crippen LogP contribution in [0.25, 0.3) is 0 Å². The molecule has 0 radical (unpaired) electrons. The Labute approximate surface area is 245 Å². The summed E-state index contributed by atoms with van der Waals surface area (Å²) < 4.78 is 25.2. The molecule has 3 atom stereocenters. The molecule has 1 N–H and O–H groups in total. The lowest BCUT2D eigenvalue weighted by Gasteiger charge is -2.42. The third kappa shape index (κ3) is 6.30. The first-order valence-corrected chi connectivity index (χ1v) is 14.8. The monoisotopic (exact) mass is 578 g/mol. The summed E-state index contributed by atoms with van der Waals surface area (Å²) in [6.07, 6.45) is 1.29. The number of carbonyl (C=O) groups excluding carboxylic acids is 1. The van der Waals surface area contributed by atoms with Crippen LogP contribution < -0.4 is 14.8 Å². The van der Waals surface area contributed by atoms with Gasteiger partial charge in [-0.25, -0.2) is 9.18 Å². The summed E-state index contributed by atoms with van der Waals surface area (Å²) in [7, 11) is 2.17. The molecule has 3 aliphatic heterocycles. The molecule has 9 heteroatoms. The highest BCUT2D eigenvalue weighted by molar-refractivity contribution is 6.30.